The van der Waals surface area contributed by atoms with Gasteiger partial charge in [-0.05, 0) is 18.6 Å². The highest BCUT2D eigenvalue weighted by Crippen LogP contribution is 2.24. The first-order chi connectivity index (χ1) is 7.07. The Morgan fingerprint density at radius 2 is 1.75 bits per heavy atom. The topological polar surface area (TPSA) is 26.0 Å². The molecule has 0 fully saturated rings. The van der Waals surface area contributed by atoms with E-state index in [1.165, 1.54) is 0 Å². The second-order valence-corrected chi connectivity index (χ2v) is 3.51. The highest BCUT2D eigenvalue weighted by Gasteiger charge is 2.19. The maximum Gasteiger partial charge on any atom is 0.166 e. The molecule has 0 saturated carbocycles. The zero-order valence-corrected chi connectivity index (χ0v) is 9.79. The Kier molecular flexibility index (Phi) is 6.45. The lowest BCUT2D eigenvalue weighted by atomic mass is 10.0. The summed E-state index contributed by atoms with van der Waals surface area (Å²) < 4.78 is 39.3. The molecule has 0 amide bonds. The molecule has 16 heavy (non-hydrogen) atoms. The van der Waals surface area contributed by atoms with Crippen LogP contribution in [0.2, 0.25) is 0 Å². The van der Waals surface area contributed by atoms with Crippen LogP contribution in [0.3, 0.4) is 0 Å². The molecule has 0 spiro atoms. The zero-order valence-electron chi connectivity index (χ0n) is 8.97. The van der Waals surface area contributed by atoms with E-state index < -0.39 is 23.5 Å². The van der Waals surface area contributed by atoms with Gasteiger partial charge in [-0.2, -0.15) is 0 Å². The summed E-state index contributed by atoms with van der Waals surface area (Å²) in [5.41, 5.74) is 5.26. The first-order valence-electron chi connectivity index (χ1n) is 4.96. The lowest BCUT2D eigenvalue weighted by Gasteiger charge is -2.13. The van der Waals surface area contributed by atoms with Gasteiger partial charge in [0.25, 0.3) is 0 Å². The second kappa shape index (κ2) is 6.76. The minimum absolute atomic E-state index is 0. The van der Waals surface area contributed by atoms with E-state index in [2.05, 4.69) is 0 Å². The van der Waals surface area contributed by atoms with Crippen molar-refractivity contribution in [2.45, 2.75) is 32.2 Å². The molecule has 0 unspecified atom stereocenters. The number of rotatable bonds is 4. The molecule has 92 valence electrons. The Morgan fingerprint density at radius 1 is 1.19 bits per heavy atom. The molecule has 0 aliphatic rings. The van der Waals surface area contributed by atoms with Crippen molar-refractivity contribution < 1.29 is 13.2 Å². The fraction of sp³-hybridized carbons (Fsp3) is 0.455. The average molecular weight is 254 g/mol. The molecule has 2 N–H and O–H groups in total. The van der Waals surface area contributed by atoms with Gasteiger partial charge in [0.1, 0.15) is 5.82 Å². The van der Waals surface area contributed by atoms with Crippen molar-refractivity contribution >= 4 is 12.4 Å². The van der Waals surface area contributed by atoms with Crippen LogP contribution in [0.25, 0.3) is 0 Å². The Labute approximate surface area is 99.2 Å². The summed E-state index contributed by atoms with van der Waals surface area (Å²) in [5, 5.41) is 0. The van der Waals surface area contributed by atoms with E-state index >= 15 is 0 Å². The van der Waals surface area contributed by atoms with Gasteiger partial charge in [0.15, 0.2) is 11.6 Å². The Morgan fingerprint density at radius 3 is 2.31 bits per heavy atom. The maximum atomic E-state index is 13.2. The van der Waals surface area contributed by atoms with Crippen molar-refractivity contribution in [3.8, 4) is 0 Å². The molecule has 1 rings (SSSR count). The van der Waals surface area contributed by atoms with Gasteiger partial charge in [-0.25, -0.2) is 13.2 Å². The Balaban J connectivity index is 0.00000225. The molecule has 1 atom stereocenters. The molecule has 1 aromatic carbocycles. The van der Waals surface area contributed by atoms with Crippen LogP contribution in [0.4, 0.5) is 13.2 Å². The van der Waals surface area contributed by atoms with E-state index in [1.807, 2.05) is 6.92 Å². The molecule has 0 saturated heterocycles. The third-order valence-electron chi connectivity index (χ3n) is 2.32. The van der Waals surface area contributed by atoms with E-state index in [-0.39, 0.29) is 18.0 Å². The van der Waals surface area contributed by atoms with Crippen LogP contribution in [0.1, 0.15) is 37.8 Å². The minimum atomic E-state index is -1.17. The number of nitrogens with two attached hydrogens (primary N) is 1. The van der Waals surface area contributed by atoms with Crippen LogP contribution in [-0.4, -0.2) is 0 Å². The molecule has 0 heterocycles. The van der Waals surface area contributed by atoms with Crippen LogP contribution in [0.5, 0.6) is 0 Å². The van der Waals surface area contributed by atoms with Crippen molar-refractivity contribution in [1.82, 2.24) is 0 Å². The summed E-state index contributed by atoms with van der Waals surface area (Å²) in [6, 6.07) is 0.890. The Hall–Kier alpha value is -0.740. The lowest BCUT2D eigenvalue weighted by molar-refractivity contribution is 0.455. The first-order valence-corrected chi connectivity index (χ1v) is 4.96. The van der Waals surface area contributed by atoms with Crippen LogP contribution in [0, 0.1) is 17.5 Å². The zero-order chi connectivity index (χ0) is 11.4. The molecule has 1 nitrogen and oxygen atoms in total. The van der Waals surface area contributed by atoms with E-state index in [4.69, 9.17) is 5.73 Å². The normalized spacial score (nSPS) is 12.1. The monoisotopic (exact) mass is 253 g/mol. The number of hydrogen-bond acceptors (Lipinski definition) is 1. The molecular formula is C11H15ClF3N. The standard InChI is InChI=1S/C11H14F3N.ClH/c1-2-3-4-9(15)10-7(12)5-6-8(13)11(10)14;/h5-6,9H,2-4,15H2,1H3;1H/t9-;/m0./s1. The van der Waals surface area contributed by atoms with Gasteiger partial charge < -0.3 is 5.73 Å². The quantitative estimate of drug-likeness (QED) is 0.814. The van der Waals surface area contributed by atoms with E-state index in [1.54, 1.807) is 0 Å². The number of unbranched alkanes of at least 4 members (excludes halogenated alkanes) is 1. The van der Waals surface area contributed by atoms with Gasteiger partial charge in [0.05, 0.1) is 0 Å². The predicted molar refractivity (Wildman–Crippen MR) is 60.0 cm³/mol. The third-order valence-corrected chi connectivity index (χ3v) is 2.32. The fourth-order valence-electron chi connectivity index (χ4n) is 1.45. The maximum absolute atomic E-state index is 13.2. The van der Waals surface area contributed by atoms with Crippen molar-refractivity contribution in [1.29, 1.82) is 0 Å². The highest BCUT2D eigenvalue weighted by molar-refractivity contribution is 5.85. The molecular weight excluding hydrogens is 239 g/mol. The predicted octanol–water partition coefficient (Wildman–Crippen LogP) is 3.72. The first kappa shape index (κ1) is 15.3. The molecule has 0 aliphatic carbocycles. The number of halogens is 4. The van der Waals surface area contributed by atoms with Gasteiger partial charge in [0, 0.05) is 11.6 Å². The summed E-state index contributed by atoms with van der Waals surface area (Å²) in [5.74, 6) is -3.01. The second-order valence-electron chi connectivity index (χ2n) is 3.51. The number of hydrogen-bond donors (Lipinski definition) is 1. The fourth-order valence-corrected chi connectivity index (χ4v) is 1.45. The van der Waals surface area contributed by atoms with Gasteiger partial charge in [-0.15, -0.1) is 12.4 Å². The van der Waals surface area contributed by atoms with Gasteiger partial charge >= 0.3 is 0 Å². The summed E-state index contributed by atoms with van der Waals surface area (Å²) in [7, 11) is 0. The number of benzene rings is 1. The molecule has 0 radical (unpaired) electrons. The largest absolute Gasteiger partial charge is 0.324 e. The Bertz CT molecular complexity index is 344. The van der Waals surface area contributed by atoms with Crippen LogP contribution >= 0.6 is 12.4 Å². The van der Waals surface area contributed by atoms with Crippen LogP contribution in [-0.2, 0) is 0 Å². The van der Waals surface area contributed by atoms with Gasteiger partial charge in [0.2, 0.25) is 0 Å². The van der Waals surface area contributed by atoms with Crippen LogP contribution < -0.4 is 5.73 Å². The lowest BCUT2D eigenvalue weighted by Crippen LogP contribution is -2.15. The van der Waals surface area contributed by atoms with Gasteiger partial charge in [-0.3, -0.25) is 0 Å². The summed E-state index contributed by atoms with van der Waals surface area (Å²) >= 11 is 0. The van der Waals surface area contributed by atoms with Crippen LogP contribution in [0.15, 0.2) is 12.1 Å². The molecule has 0 aromatic heterocycles. The van der Waals surface area contributed by atoms with Gasteiger partial charge in [-0.1, -0.05) is 19.8 Å². The van der Waals surface area contributed by atoms with Crippen molar-refractivity contribution in [2.24, 2.45) is 5.73 Å². The molecule has 0 aliphatic heterocycles. The van der Waals surface area contributed by atoms with Crippen molar-refractivity contribution in [2.75, 3.05) is 0 Å². The summed E-state index contributed by atoms with van der Waals surface area (Å²) in [6.45, 7) is 1.95. The summed E-state index contributed by atoms with van der Waals surface area (Å²) in [6.07, 6.45) is 2.09. The van der Waals surface area contributed by atoms with Crippen molar-refractivity contribution in [3.05, 3.63) is 35.1 Å². The van der Waals surface area contributed by atoms with E-state index in [0.717, 1.165) is 25.0 Å². The highest BCUT2D eigenvalue weighted by atomic mass is 35.5. The average Bonchev–Trinajstić information content (AvgIpc) is 2.21. The van der Waals surface area contributed by atoms with E-state index in [0.29, 0.717) is 6.42 Å². The van der Waals surface area contributed by atoms with E-state index in [9.17, 15) is 13.2 Å². The smallest absolute Gasteiger partial charge is 0.166 e. The minimum Gasteiger partial charge on any atom is -0.324 e. The van der Waals surface area contributed by atoms with Crippen molar-refractivity contribution in [3.63, 3.8) is 0 Å². The molecule has 1 aromatic rings. The summed E-state index contributed by atoms with van der Waals surface area (Å²) in [4.78, 5) is 0. The molecule has 0 bridgehead atoms. The third kappa shape index (κ3) is 3.39. The molecule has 5 heteroatoms. The SMILES string of the molecule is CCCC[C@H](N)c1c(F)ccc(F)c1F.Cl.